The molecular weight excluding hydrogens is 570 g/mol. The number of nitrogens with two attached hydrogens (primary N) is 1. The Bertz CT molecular complexity index is 981. The molecule has 5 N–H and O–H groups in total. The predicted molar refractivity (Wildman–Crippen MR) is 169 cm³/mol. The molecule has 2 saturated carbocycles. The molecule has 3 amide bonds. The molecule has 0 saturated heterocycles. The molecule has 0 aliphatic heterocycles. The number of hydrogen-bond acceptors (Lipinski definition) is 7. The van der Waals surface area contributed by atoms with E-state index in [9.17, 15) is 27.9 Å². The van der Waals surface area contributed by atoms with Crippen molar-refractivity contribution in [3.05, 3.63) is 0 Å². The molecule has 0 spiro atoms. The highest BCUT2D eigenvalue weighted by atomic mass is 32.2. The molecule has 12 heteroatoms. The van der Waals surface area contributed by atoms with Gasteiger partial charge in [0.05, 0.1) is 17.4 Å². The summed E-state index contributed by atoms with van der Waals surface area (Å²) in [6, 6.07) is -0.577. The van der Waals surface area contributed by atoms with Gasteiger partial charge in [-0.05, 0) is 50.9 Å². The van der Waals surface area contributed by atoms with Crippen molar-refractivity contribution in [2.75, 3.05) is 26.2 Å². The number of hydrazine groups is 1. The van der Waals surface area contributed by atoms with Crippen LogP contribution in [0, 0.1) is 23.7 Å². The zero-order valence-electron chi connectivity index (χ0n) is 27.2. The topological polar surface area (TPSA) is 162 Å². The van der Waals surface area contributed by atoms with E-state index >= 15 is 0 Å². The fraction of sp³-hybridized carbons (Fsp3) is 0.903. The third-order valence-corrected chi connectivity index (χ3v) is 10.3. The number of nitrogens with zero attached hydrogens (tertiary/aromatic N) is 2. The van der Waals surface area contributed by atoms with Gasteiger partial charge in [0, 0.05) is 43.9 Å². The quantitative estimate of drug-likeness (QED) is 0.180. The van der Waals surface area contributed by atoms with E-state index in [1.165, 1.54) is 6.42 Å². The van der Waals surface area contributed by atoms with Crippen molar-refractivity contribution in [1.82, 2.24) is 20.7 Å². The second-order valence-corrected chi connectivity index (χ2v) is 15.0. The molecule has 0 radical (unpaired) electrons. The largest absolute Gasteiger partial charge is 0.390 e. The van der Waals surface area contributed by atoms with E-state index in [0.717, 1.165) is 44.9 Å². The van der Waals surface area contributed by atoms with Crippen molar-refractivity contribution in [2.45, 2.75) is 129 Å². The van der Waals surface area contributed by atoms with Crippen LogP contribution in [0.25, 0.3) is 0 Å². The Balaban J connectivity index is 2.27. The minimum Gasteiger partial charge on any atom is -0.390 e. The highest BCUT2D eigenvalue weighted by Gasteiger charge is 2.42. The van der Waals surface area contributed by atoms with Gasteiger partial charge in [-0.1, -0.05) is 66.7 Å². The molecule has 0 bridgehead atoms. The molecule has 2 fully saturated rings. The number of rotatable bonds is 17. The number of hydrogen-bond donors (Lipinski definition) is 4. The van der Waals surface area contributed by atoms with E-state index in [4.69, 9.17) is 5.14 Å². The molecular formula is C31H59N5O6S. The van der Waals surface area contributed by atoms with Gasteiger partial charge in [0.25, 0.3) is 0 Å². The van der Waals surface area contributed by atoms with Crippen LogP contribution in [0.15, 0.2) is 0 Å². The third-order valence-electron chi connectivity index (χ3n) is 8.95. The first-order valence-corrected chi connectivity index (χ1v) is 18.3. The maximum Gasteiger partial charge on any atom is 0.236 e. The fourth-order valence-corrected chi connectivity index (χ4v) is 7.58. The van der Waals surface area contributed by atoms with Gasteiger partial charge in [0.15, 0.2) is 0 Å². The Morgan fingerprint density at radius 2 is 1.49 bits per heavy atom. The number of sulfonamides is 1. The Morgan fingerprint density at radius 1 is 0.907 bits per heavy atom. The molecule has 43 heavy (non-hydrogen) atoms. The standard InChI is InChI=1S/C31H59N5O6S/c1-6-14-35(15-7-2)31(40)25-18-24(19-26(20-25)43(32,41)42)30(39)33-27(17-23-12-10-9-11-13-23)28(37)21-36(16-8-3)34-29(38)22(4)5/h22-28,37H,6-21H2,1-5H3,(H,33,39)(H,34,38)(H2,32,41,42). The summed E-state index contributed by atoms with van der Waals surface area (Å²) in [5.41, 5.74) is 2.89. The summed E-state index contributed by atoms with van der Waals surface area (Å²) in [4.78, 5) is 41.5. The zero-order valence-corrected chi connectivity index (χ0v) is 28.0. The van der Waals surface area contributed by atoms with Crippen LogP contribution in [-0.4, -0.2) is 84.7 Å². The molecule has 0 aromatic heterocycles. The van der Waals surface area contributed by atoms with Crippen LogP contribution in [0.2, 0.25) is 0 Å². The van der Waals surface area contributed by atoms with Crippen molar-refractivity contribution in [2.24, 2.45) is 28.8 Å². The number of primary sulfonamides is 1. The Labute approximate surface area is 260 Å². The number of carbonyl (C=O) groups excluding carboxylic acids is 3. The van der Waals surface area contributed by atoms with Crippen LogP contribution in [-0.2, 0) is 24.4 Å². The summed E-state index contributed by atoms with van der Waals surface area (Å²) in [5, 5.41) is 20.9. The summed E-state index contributed by atoms with van der Waals surface area (Å²) >= 11 is 0. The van der Waals surface area contributed by atoms with E-state index < -0.39 is 39.3 Å². The molecule has 2 aliphatic carbocycles. The monoisotopic (exact) mass is 629 g/mol. The van der Waals surface area contributed by atoms with E-state index in [1.54, 1.807) is 9.91 Å². The number of amides is 3. The van der Waals surface area contributed by atoms with Gasteiger partial charge in [-0.2, -0.15) is 0 Å². The number of nitrogens with one attached hydrogen (secondary N) is 2. The lowest BCUT2D eigenvalue weighted by molar-refractivity contribution is -0.139. The van der Waals surface area contributed by atoms with E-state index in [-0.39, 0.29) is 49.4 Å². The minimum atomic E-state index is -3.96. The first-order valence-electron chi connectivity index (χ1n) is 16.6. The lowest BCUT2D eigenvalue weighted by Crippen LogP contribution is -2.55. The van der Waals surface area contributed by atoms with Gasteiger partial charge in [-0.15, -0.1) is 0 Å². The van der Waals surface area contributed by atoms with E-state index in [0.29, 0.717) is 32.0 Å². The van der Waals surface area contributed by atoms with E-state index in [1.807, 2.05) is 34.6 Å². The smallest absolute Gasteiger partial charge is 0.236 e. The molecule has 11 nitrogen and oxygen atoms in total. The number of aliphatic hydroxyl groups excluding tert-OH is 1. The average molecular weight is 630 g/mol. The Kier molecular flexibility index (Phi) is 15.9. The molecule has 0 aromatic rings. The lowest BCUT2D eigenvalue weighted by atomic mass is 9.79. The molecule has 2 aliphatic rings. The fourth-order valence-electron chi connectivity index (χ4n) is 6.58. The first-order chi connectivity index (χ1) is 20.3. The van der Waals surface area contributed by atoms with Crippen molar-refractivity contribution in [3.63, 3.8) is 0 Å². The second kappa shape index (κ2) is 18.3. The Morgan fingerprint density at radius 3 is 2.02 bits per heavy atom. The summed E-state index contributed by atoms with van der Waals surface area (Å²) in [6.07, 6.45) is 7.86. The van der Waals surface area contributed by atoms with Gasteiger partial charge < -0.3 is 15.3 Å². The van der Waals surface area contributed by atoms with Crippen molar-refractivity contribution < 1.29 is 27.9 Å². The Hall–Kier alpha value is -1.76. The highest BCUT2D eigenvalue weighted by Crippen LogP contribution is 2.35. The van der Waals surface area contributed by atoms with Gasteiger partial charge in [0.2, 0.25) is 27.7 Å². The van der Waals surface area contributed by atoms with Crippen LogP contribution in [0.1, 0.15) is 112 Å². The summed E-state index contributed by atoms with van der Waals surface area (Å²) in [5.74, 6) is -1.80. The van der Waals surface area contributed by atoms with Gasteiger partial charge in [-0.3, -0.25) is 19.8 Å². The minimum absolute atomic E-state index is 0.0502. The van der Waals surface area contributed by atoms with Crippen molar-refractivity contribution in [3.8, 4) is 0 Å². The van der Waals surface area contributed by atoms with E-state index in [2.05, 4.69) is 10.7 Å². The molecule has 5 unspecified atom stereocenters. The molecule has 5 atom stereocenters. The normalized spacial score (nSPS) is 23.1. The average Bonchev–Trinajstić information content (AvgIpc) is 2.96. The highest BCUT2D eigenvalue weighted by molar-refractivity contribution is 7.89. The second-order valence-electron chi connectivity index (χ2n) is 13.1. The zero-order chi connectivity index (χ0) is 32.2. The molecule has 0 aromatic carbocycles. The molecule has 0 heterocycles. The predicted octanol–water partition coefficient (Wildman–Crippen LogP) is 2.92. The van der Waals surface area contributed by atoms with Crippen LogP contribution in [0.4, 0.5) is 0 Å². The summed E-state index contributed by atoms with van der Waals surface area (Å²) in [6.45, 7) is 11.5. The molecule has 2 rings (SSSR count). The number of aliphatic hydroxyl groups is 1. The third kappa shape index (κ3) is 12.3. The van der Waals surface area contributed by atoms with Crippen LogP contribution >= 0.6 is 0 Å². The summed E-state index contributed by atoms with van der Waals surface area (Å²) < 4.78 is 25.0. The van der Waals surface area contributed by atoms with Crippen LogP contribution in [0.3, 0.4) is 0 Å². The maximum absolute atomic E-state index is 13.8. The SMILES string of the molecule is CCCN(CC(O)C(CC1CCCCC1)NC(=O)C1CC(C(=O)N(CCC)CCC)CC(S(N)(=O)=O)C1)NC(=O)C(C)C. The molecule has 250 valence electrons. The van der Waals surface area contributed by atoms with Crippen molar-refractivity contribution >= 4 is 27.7 Å². The first kappa shape index (κ1) is 37.4. The van der Waals surface area contributed by atoms with Crippen molar-refractivity contribution in [1.29, 1.82) is 0 Å². The van der Waals surface area contributed by atoms with Gasteiger partial charge in [0.1, 0.15) is 0 Å². The van der Waals surface area contributed by atoms with Crippen LogP contribution < -0.4 is 15.9 Å². The van der Waals surface area contributed by atoms with Gasteiger partial charge >= 0.3 is 0 Å². The van der Waals surface area contributed by atoms with Gasteiger partial charge in [-0.25, -0.2) is 18.6 Å². The lowest BCUT2D eigenvalue weighted by Gasteiger charge is -2.37. The maximum atomic E-state index is 13.8. The summed E-state index contributed by atoms with van der Waals surface area (Å²) in [7, 11) is -3.96. The van der Waals surface area contributed by atoms with Crippen LogP contribution in [0.5, 0.6) is 0 Å². The number of carbonyl (C=O) groups is 3.